The smallest absolute Gasteiger partial charge is 0.408 e. The number of nitrogens with zero attached hydrogens (tertiary/aromatic N) is 9. The highest BCUT2D eigenvalue weighted by Gasteiger charge is 2.55. The van der Waals surface area contributed by atoms with Crippen molar-refractivity contribution in [3.05, 3.63) is 97.1 Å². The third-order valence-electron chi connectivity index (χ3n) is 12.1. The number of aliphatic hydroxyl groups is 1. The lowest BCUT2D eigenvalue weighted by Gasteiger charge is -2.41. The van der Waals surface area contributed by atoms with E-state index >= 15 is 4.39 Å². The van der Waals surface area contributed by atoms with Gasteiger partial charge in [0.05, 0.1) is 45.0 Å². The van der Waals surface area contributed by atoms with Gasteiger partial charge in [-0.2, -0.15) is 5.26 Å². The van der Waals surface area contributed by atoms with Crippen LogP contribution in [-0.4, -0.2) is 126 Å². The zero-order valence-electron chi connectivity index (χ0n) is 38.7. The molecule has 6 aromatic rings. The van der Waals surface area contributed by atoms with Crippen molar-refractivity contribution >= 4 is 80.9 Å². The molecule has 4 N–H and O–H groups in total. The highest BCUT2D eigenvalue weighted by Crippen LogP contribution is 2.56. The summed E-state index contributed by atoms with van der Waals surface area (Å²) in [6.07, 6.45) is -6.74. The van der Waals surface area contributed by atoms with Gasteiger partial charge in [0, 0.05) is 15.7 Å². The van der Waals surface area contributed by atoms with Gasteiger partial charge in [0.2, 0.25) is 0 Å². The Morgan fingerprint density at radius 3 is 1.89 bits per heavy atom. The maximum Gasteiger partial charge on any atom is 0.695 e. The van der Waals surface area contributed by atoms with Crippen LogP contribution in [-0.2, 0) is 48.4 Å². The van der Waals surface area contributed by atoms with Crippen LogP contribution in [0.5, 0.6) is 0 Å². The van der Waals surface area contributed by atoms with E-state index in [2.05, 4.69) is 40.5 Å². The van der Waals surface area contributed by atoms with Crippen molar-refractivity contribution in [1.29, 1.82) is 5.26 Å². The van der Waals surface area contributed by atoms with Crippen molar-refractivity contribution < 1.29 is 60.5 Å². The van der Waals surface area contributed by atoms with Crippen molar-refractivity contribution in [2.24, 2.45) is 0 Å². The van der Waals surface area contributed by atoms with E-state index in [1.807, 2.05) is 39.9 Å². The molecule has 8 rings (SSSR count). The Morgan fingerprint density at radius 1 is 0.845 bits per heavy atom. The summed E-state index contributed by atoms with van der Waals surface area (Å²) in [4.78, 5) is 62.1. The van der Waals surface area contributed by atoms with Crippen molar-refractivity contribution in [2.45, 2.75) is 94.5 Å². The summed E-state index contributed by atoms with van der Waals surface area (Å²) in [5.74, 6) is -0.822. The number of imidazole rings is 2. The number of carbonyl (C=O) groups excluding carboxylic acids is 2. The second-order valence-corrected chi connectivity index (χ2v) is 26.1. The fourth-order valence-electron chi connectivity index (χ4n) is 7.55. The zero-order valence-corrected chi connectivity index (χ0v) is 42.3. The fraction of sp³-hybridized carbons (Fsp3) is 0.419. The van der Waals surface area contributed by atoms with Crippen LogP contribution in [0.15, 0.2) is 86.0 Å². The summed E-state index contributed by atoms with van der Waals surface area (Å²) in [7, 11) is -6.15. The topological polar surface area (TPSA) is 291 Å². The second kappa shape index (κ2) is 21.7. The molecule has 2 saturated heterocycles. The van der Waals surface area contributed by atoms with Crippen LogP contribution >= 0.6 is 15.0 Å². The molecule has 2 unspecified atom stereocenters. The van der Waals surface area contributed by atoms with Crippen molar-refractivity contribution in [2.75, 3.05) is 30.5 Å². The van der Waals surface area contributed by atoms with Crippen LogP contribution in [0.4, 0.5) is 16.0 Å². The lowest BCUT2D eigenvalue weighted by atomic mass is 10.1. The average molecular weight is 1050 g/mol. The SMILES string of the molecule is CC(C)(C)[Si](C)(C)O[C@H]1[C@@H](OP(=S)(OCCC#N)OC[C@H]2O[C@@H](n3cnc4c(NC(=O)c5ccccc5)ncnc43)[C@H](F)[C@@H]2O[P+](=O)O)[C@H](n2cnc3c(NC(=O)c4ccccc4)ncnc32)O[C@@H]1CO. The van der Waals surface area contributed by atoms with Gasteiger partial charge in [-0.3, -0.25) is 23.2 Å². The number of alkyl halides is 1. The molecule has 10 atom stereocenters. The zero-order chi connectivity index (χ0) is 50.7. The summed E-state index contributed by atoms with van der Waals surface area (Å²) in [6, 6.07) is 18.8. The molecule has 4 aromatic heterocycles. The van der Waals surface area contributed by atoms with Crippen LogP contribution < -0.4 is 10.6 Å². The van der Waals surface area contributed by atoms with Gasteiger partial charge in [-0.05, 0) is 54.2 Å². The van der Waals surface area contributed by atoms with Gasteiger partial charge >= 0.3 is 15.0 Å². The van der Waals surface area contributed by atoms with E-state index in [0.29, 0.717) is 11.1 Å². The van der Waals surface area contributed by atoms with E-state index in [0.717, 1.165) is 6.33 Å². The van der Waals surface area contributed by atoms with Gasteiger partial charge in [-0.1, -0.05) is 57.2 Å². The average Bonchev–Trinajstić information content (AvgIpc) is 4.12. The van der Waals surface area contributed by atoms with Crippen molar-refractivity contribution in [1.82, 2.24) is 39.0 Å². The summed E-state index contributed by atoms with van der Waals surface area (Å²) in [5.41, 5.74) is 1.21. The molecule has 2 amide bonds. The highest BCUT2D eigenvalue weighted by molar-refractivity contribution is 8.07. The molecule has 0 radical (unpaired) electrons. The molecule has 71 heavy (non-hydrogen) atoms. The highest BCUT2D eigenvalue weighted by atomic mass is 32.5. The molecule has 2 aliphatic rings. The number of halogens is 1. The molecular weight excluding hydrogens is 1000 g/mol. The van der Waals surface area contributed by atoms with Gasteiger partial charge in [0.15, 0.2) is 67.0 Å². The van der Waals surface area contributed by atoms with E-state index in [9.17, 15) is 29.4 Å². The van der Waals surface area contributed by atoms with Crippen LogP contribution in [0, 0.1) is 11.3 Å². The molecule has 0 aliphatic carbocycles. The Bertz CT molecular complexity index is 2990. The van der Waals surface area contributed by atoms with Gasteiger partial charge in [0.25, 0.3) is 11.8 Å². The van der Waals surface area contributed by atoms with E-state index in [1.165, 1.54) is 28.1 Å². The third-order valence-corrected chi connectivity index (χ3v) is 19.3. The van der Waals surface area contributed by atoms with Gasteiger partial charge in [-0.15, -0.1) is 9.42 Å². The summed E-state index contributed by atoms with van der Waals surface area (Å²) in [5, 5.41) is 25.5. The number of aliphatic hydroxyl groups excluding tert-OH is 1. The first-order chi connectivity index (χ1) is 33.9. The molecule has 2 fully saturated rings. The summed E-state index contributed by atoms with van der Waals surface area (Å²) < 4.78 is 75.5. The predicted molar refractivity (Wildman–Crippen MR) is 257 cm³/mol. The van der Waals surface area contributed by atoms with Crippen molar-refractivity contribution in [3.8, 4) is 6.07 Å². The molecule has 28 heteroatoms. The van der Waals surface area contributed by atoms with Crippen molar-refractivity contribution in [3.63, 3.8) is 0 Å². The van der Waals surface area contributed by atoms with Gasteiger partial charge in [0.1, 0.15) is 37.1 Å². The third kappa shape index (κ3) is 11.3. The quantitative estimate of drug-likeness (QED) is 0.0394. The van der Waals surface area contributed by atoms with Crippen LogP contribution in [0.1, 0.15) is 60.4 Å². The van der Waals surface area contributed by atoms with Gasteiger partial charge in [-0.25, -0.2) is 34.3 Å². The molecule has 374 valence electrons. The Balaban J connectivity index is 1.10. The molecule has 0 bridgehead atoms. The second-order valence-electron chi connectivity index (χ2n) is 17.7. The first kappa shape index (κ1) is 51.8. The van der Waals surface area contributed by atoms with Crippen LogP contribution in [0.3, 0.4) is 0 Å². The molecule has 2 aliphatic heterocycles. The van der Waals surface area contributed by atoms with Crippen LogP contribution in [0.25, 0.3) is 22.3 Å². The van der Waals surface area contributed by atoms with Crippen LogP contribution in [0.2, 0.25) is 18.1 Å². The minimum Gasteiger partial charge on any atom is -0.408 e. The van der Waals surface area contributed by atoms with E-state index in [1.54, 1.807) is 60.7 Å². The number of nitriles is 1. The summed E-state index contributed by atoms with van der Waals surface area (Å²) >= 11 is 6.05. The predicted octanol–water partition coefficient (Wildman–Crippen LogP) is 6.28. The van der Waals surface area contributed by atoms with E-state index in [-0.39, 0.29) is 52.0 Å². The lowest BCUT2D eigenvalue weighted by Crippen LogP contribution is -2.50. The van der Waals surface area contributed by atoms with Gasteiger partial charge < -0.3 is 38.7 Å². The molecule has 0 saturated carbocycles. The number of hydrogen-bond donors (Lipinski definition) is 4. The maximum atomic E-state index is 16.7. The largest absolute Gasteiger partial charge is 0.695 e. The Kier molecular flexibility index (Phi) is 15.8. The first-order valence-electron chi connectivity index (χ1n) is 22.0. The number of hydrogen-bond acceptors (Lipinski definition) is 19. The normalized spacial score (nSPS) is 23.6. The number of anilines is 2. The number of carbonyl (C=O) groups is 2. The number of nitrogens with one attached hydrogen (secondary N) is 2. The minimum atomic E-state index is -4.18. The number of rotatable bonds is 19. The minimum absolute atomic E-state index is 0.0226. The summed E-state index contributed by atoms with van der Waals surface area (Å²) in [6.45, 7) is 4.38. The standard InChI is InChI=1S/C43H48FN11O12P2SSi/c1-43(2,3)71(4,5)67-33-27(19-56)63-42(55-24-51-31-36(47-22-49-38(31)55)53-40(58)26-15-10-7-11-16-26)34(33)66-69(70,61-18-12-17-45)62-20-28-32(65-68(59)60)29(44)41(64-28)54-23-50-30-35(46-21-48-37(30)54)52-39(57)25-13-8-6-9-14-25/h6-11,13-16,21-24,27-29,32-34,41-42,56H,12,18-20H2,1-5H3,(H2-,46,47,48,49,52,53,57,58,59,60)/p+1/t27-,28-,29-,32-,33-,34-,41-,42-,69?/m1/s1. The number of fused-ring (bicyclic) bond motifs is 2. The first-order valence-corrected chi connectivity index (χ1v) is 28.6. The molecule has 23 nitrogen and oxygen atoms in total. The molecule has 2 aromatic carbocycles. The maximum absolute atomic E-state index is 16.7. The number of aromatic nitrogens is 8. The number of amides is 2. The molecule has 0 spiro atoms. The monoisotopic (exact) mass is 1050 g/mol. The fourth-order valence-corrected chi connectivity index (χ4v) is 11.4. The van der Waals surface area contributed by atoms with E-state index < -0.39 is 97.5 Å². The Morgan fingerprint density at radius 2 is 1.38 bits per heavy atom. The lowest BCUT2D eigenvalue weighted by molar-refractivity contribution is -0.0560. The molecular formula is C43H49FN11O12P2SSi+. The molecule has 6 heterocycles. The number of benzene rings is 2. The Hall–Kier alpha value is -5.49. The van der Waals surface area contributed by atoms with E-state index in [4.69, 9.17) is 43.8 Å². The Labute approximate surface area is 412 Å². The number of ether oxygens (including phenoxy) is 2.